The molecule has 118 valence electrons. The minimum atomic E-state index is -0.308. The zero-order chi connectivity index (χ0) is 16.3. The number of aromatic nitrogens is 2. The maximum atomic E-state index is 12.1. The quantitative estimate of drug-likeness (QED) is 0.618. The Morgan fingerprint density at radius 2 is 2.09 bits per heavy atom. The highest BCUT2D eigenvalue weighted by atomic mass is 35.5. The van der Waals surface area contributed by atoms with Crippen molar-refractivity contribution in [2.75, 3.05) is 0 Å². The Bertz CT molecular complexity index is 677. The molecule has 0 spiro atoms. The van der Waals surface area contributed by atoms with Crippen molar-refractivity contribution in [3.05, 3.63) is 46.2 Å². The smallest absolute Gasteiger partial charge is 0.315 e. The van der Waals surface area contributed by atoms with Crippen molar-refractivity contribution in [2.24, 2.45) is 5.92 Å². The van der Waals surface area contributed by atoms with E-state index in [9.17, 15) is 4.79 Å². The monoisotopic (exact) mass is 320 g/mol. The first-order valence-electron chi connectivity index (χ1n) is 7.36. The van der Waals surface area contributed by atoms with Gasteiger partial charge in [-0.05, 0) is 38.0 Å². The molecule has 0 radical (unpaired) electrons. The molecule has 0 aliphatic rings. The van der Waals surface area contributed by atoms with Crippen LogP contribution in [-0.4, -0.2) is 15.7 Å². The molecule has 0 aliphatic heterocycles. The van der Waals surface area contributed by atoms with E-state index in [0.717, 1.165) is 23.5 Å². The van der Waals surface area contributed by atoms with Crippen molar-refractivity contribution in [1.29, 1.82) is 0 Å². The maximum Gasteiger partial charge on any atom is 0.315 e. The van der Waals surface area contributed by atoms with Crippen LogP contribution in [-0.2, 0) is 17.8 Å². The summed E-state index contributed by atoms with van der Waals surface area (Å²) in [4.78, 5) is 12.1. The standard InChI is InChI=1S/C17H21ClN2O2/c1-11(2)10-20-13(4)16(12(3)19-20)9-17(21)22-15-7-5-6-14(18)8-15/h5-8,11H,9-10H2,1-4H3. The molecule has 0 amide bonds. The first-order valence-corrected chi connectivity index (χ1v) is 7.73. The Kier molecular flexibility index (Phi) is 5.24. The van der Waals surface area contributed by atoms with Crippen molar-refractivity contribution in [1.82, 2.24) is 9.78 Å². The molecule has 22 heavy (non-hydrogen) atoms. The lowest BCUT2D eigenvalue weighted by atomic mass is 10.1. The highest BCUT2D eigenvalue weighted by Gasteiger charge is 2.16. The van der Waals surface area contributed by atoms with E-state index < -0.39 is 0 Å². The summed E-state index contributed by atoms with van der Waals surface area (Å²) in [6.07, 6.45) is 0.211. The van der Waals surface area contributed by atoms with Crippen molar-refractivity contribution in [3.8, 4) is 5.75 Å². The predicted molar refractivity (Wildman–Crippen MR) is 87.3 cm³/mol. The fourth-order valence-electron chi connectivity index (χ4n) is 2.36. The number of halogens is 1. The van der Waals surface area contributed by atoms with Gasteiger partial charge in [0.2, 0.25) is 0 Å². The third-order valence-electron chi connectivity index (χ3n) is 3.42. The molecule has 2 aromatic rings. The van der Waals surface area contributed by atoms with Crippen LogP contribution >= 0.6 is 11.6 Å². The average Bonchev–Trinajstić information content (AvgIpc) is 2.66. The fraction of sp³-hybridized carbons (Fsp3) is 0.412. The average molecular weight is 321 g/mol. The third-order valence-corrected chi connectivity index (χ3v) is 3.65. The van der Waals surface area contributed by atoms with Crippen LogP contribution in [0.1, 0.15) is 30.8 Å². The van der Waals surface area contributed by atoms with E-state index in [4.69, 9.17) is 16.3 Å². The molecule has 0 atom stereocenters. The minimum absolute atomic E-state index is 0.211. The number of carbonyl (C=O) groups excluding carboxylic acids is 1. The maximum absolute atomic E-state index is 12.1. The molecule has 0 saturated carbocycles. The molecule has 1 aromatic carbocycles. The minimum Gasteiger partial charge on any atom is -0.426 e. The Labute approximate surface area is 136 Å². The number of aryl methyl sites for hydroxylation is 1. The van der Waals surface area contributed by atoms with E-state index in [0.29, 0.717) is 16.7 Å². The van der Waals surface area contributed by atoms with Crippen LogP contribution < -0.4 is 4.74 Å². The Morgan fingerprint density at radius 1 is 1.36 bits per heavy atom. The van der Waals surface area contributed by atoms with Crippen LogP contribution in [0.3, 0.4) is 0 Å². The number of benzene rings is 1. The molecule has 0 saturated heterocycles. The second kappa shape index (κ2) is 6.97. The van der Waals surface area contributed by atoms with Crippen LogP contribution in [0.2, 0.25) is 5.02 Å². The van der Waals surface area contributed by atoms with Gasteiger partial charge in [0.15, 0.2) is 0 Å². The summed E-state index contributed by atoms with van der Waals surface area (Å²) in [5, 5.41) is 5.06. The number of rotatable bonds is 5. The van der Waals surface area contributed by atoms with Gasteiger partial charge in [0, 0.05) is 22.8 Å². The van der Waals surface area contributed by atoms with E-state index in [1.807, 2.05) is 18.5 Å². The van der Waals surface area contributed by atoms with E-state index in [1.54, 1.807) is 24.3 Å². The number of hydrogen-bond acceptors (Lipinski definition) is 3. The van der Waals surface area contributed by atoms with Crippen LogP contribution in [0.15, 0.2) is 24.3 Å². The summed E-state index contributed by atoms with van der Waals surface area (Å²) in [6, 6.07) is 6.83. The SMILES string of the molecule is Cc1nn(CC(C)C)c(C)c1CC(=O)Oc1cccc(Cl)c1. The van der Waals surface area contributed by atoms with Gasteiger partial charge in [-0.2, -0.15) is 5.10 Å². The first-order chi connectivity index (χ1) is 10.4. The largest absolute Gasteiger partial charge is 0.426 e. The number of hydrogen-bond donors (Lipinski definition) is 0. The van der Waals surface area contributed by atoms with E-state index in [-0.39, 0.29) is 12.4 Å². The van der Waals surface area contributed by atoms with E-state index >= 15 is 0 Å². The van der Waals surface area contributed by atoms with Crippen LogP contribution in [0, 0.1) is 19.8 Å². The lowest BCUT2D eigenvalue weighted by Gasteiger charge is -2.08. The van der Waals surface area contributed by atoms with Crippen LogP contribution in [0.25, 0.3) is 0 Å². The van der Waals surface area contributed by atoms with Gasteiger partial charge in [0.05, 0.1) is 12.1 Å². The molecule has 0 bridgehead atoms. The highest BCUT2D eigenvalue weighted by Crippen LogP contribution is 2.19. The number of ether oxygens (including phenoxy) is 1. The van der Waals surface area contributed by atoms with Gasteiger partial charge >= 0.3 is 5.97 Å². The van der Waals surface area contributed by atoms with Gasteiger partial charge < -0.3 is 4.74 Å². The van der Waals surface area contributed by atoms with Gasteiger partial charge in [0.1, 0.15) is 5.75 Å². The molecular weight excluding hydrogens is 300 g/mol. The second-order valence-corrected chi connectivity index (χ2v) is 6.27. The van der Waals surface area contributed by atoms with Crippen molar-refractivity contribution in [3.63, 3.8) is 0 Å². The summed E-state index contributed by atoms with van der Waals surface area (Å²) in [7, 11) is 0. The summed E-state index contributed by atoms with van der Waals surface area (Å²) in [6.45, 7) is 9.04. The molecule has 1 heterocycles. The van der Waals surface area contributed by atoms with Gasteiger partial charge in [0.25, 0.3) is 0 Å². The summed E-state index contributed by atoms with van der Waals surface area (Å²) < 4.78 is 7.30. The Hall–Kier alpha value is -1.81. The molecule has 5 heteroatoms. The van der Waals surface area contributed by atoms with Crippen LogP contribution in [0.4, 0.5) is 0 Å². The van der Waals surface area contributed by atoms with Gasteiger partial charge in [-0.25, -0.2) is 0 Å². The third kappa shape index (κ3) is 4.10. The van der Waals surface area contributed by atoms with Crippen molar-refractivity contribution in [2.45, 2.75) is 40.7 Å². The molecule has 0 N–H and O–H groups in total. The van der Waals surface area contributed by atoms with Gasteiger partial charge in [-0.1, -0.05) is 31.5 Å². The zero-order valence-electron chi connectivity index (χ0n) is 13.4. The van der Waals surface area contributed by atoms with E-state index in [1.165, 1.54) is 0 Å². The lowest BCUT2D eigenvalue weighted by molar-refractivity contribution is -0.133. The topological polar surface area (TPSA) is 44.1 Å². The number of nitrogens with zero attached hydrogens (tertiary/aromatic N) is 2. The summed E-state index contributed by atoms with van der Waals surface area (Å²) in [5.74, 6) is 0.657. The van der Waals surface area contributed by atoms with Gasteiger partial charge in [-0.3, -0.25) is 9.48 Å². The Morgan fingerprint density at radius 3 is 2.73 bits per heavy atom. The number of carbonyl (C=O) groups is 1. The first kappa shape index (κ1) is 16.6. The molecule has 2 rings (SSSR count). The lowest BCUT2D eigenvalue weighted by Crippen LogP contribution is -2.13. The summed E-state index contributed by atoms with van der Waals surface area (Å²) in [5.41, 5.74) is 2.84. The zero-order valence-corrected chi connectivity index (χ0v) is 14.1. The van der Waals surface area contributed by atoms with Crippen LogP contribution in [0.5, 0.6) is 5.75 Å². The predicted octanol–water partition coefficient (Wildman–Crippen LogP) is 3.96. The Balaban J connectivity index is 2.10. The van der Waals surface area contributed by atoms with Crippen molar-refractivity contribution < 1.29 is 9.53 Å². The molecule has 0 aliphatic carbocycles. The van der Waals surface area contributed by atoms with Gasteiger partial charge in [-0.15, -0.1) is 0 Å². The molecule has 1 aromatic heterocycles. The highest BCUT2D eigenvalue weighted by molar-refractivity contribution is 6.30. The second-order valence-electron chi connectivity index (χ2n) is 5.83. The number of esters is 1. The summed E-state index contributed by atoms with van der Waals surface area (Å²) >= 11 is 5.89. The molecule has 0 fully saturated rings. The van der Waals surface area contributed by atoms with E-state index in [2.05, 4.69) is 18.9 Å². The molecular formula is C17H21ClN2O2. The molecule has 0 unspecified atom stereocenters. The van der Waals surface area contributed by atoms with Crippen molar-refractivity contribution >= 4 is 17.6 Å². The molecule has 4 nitrogen and oxygen atoms in total. The normalized spacial score (nSPS) is 11.0. The fourth-order valence-corrected chi connectivity index (χ4v) is 2.54.